The summed E-state index contributed by atoms with van der Waals surface area (Å²) in [5.41, 5.74) is 1.32. The maximum atomic E-state index is 9.72. The number of hydrogen-bond acceptors (Lipinski definition) is 4. The summed E-state index contributed by atoms with van der Waals surface area (Å²) in [5.74, 6) is 0. The van der Waals surface area contributed by atoms with Crippen LogP contribution in [-0.2, 0) is 4.74 Å². The summed E-state index contributed by atoms with van der Waals surface area (Å²) in [6.45, 7) is 5.05. The van der Waals surface area contributed by atoms with Crippen LogP contribution >= 0.6 is 0 Å². The number of nitrogens with one attached hydrogen (secondary N) is 1. The molecule has 0 aliphatic carbocycles. The Morgan fingerprint density at radius 3 is 2.60 bits per heavy atom. The molecule has 2 unspecified atom stereocenters. The van der Waals surface area contributed by atoms with Crippen LogP contribution in [0.15, 0.2) is 30.3 Å². The molecule has 1 aromatic carbocycles. The van der Waals surface area contributed by atoms with Crippen LogP contribution in [0.5, 0.6) is 0 Å². The van der Waals surface area contributed by atoms with Gasteiger partial charge in [0.1, 0.15) is 0 Å². The summed E-state index contributed by atoms with van der Waals surface area (Å²) < 4.78 is 4.95. The van der Waals surface area contributed by atoms with E-state index in [2.05, 4.69) is 41.4 Å². The van der Waals surface area contributed by atoms with E-state index in [-0.39, 0.29) is 0 Å². The maximum absolute atomic E-state index is 9.72. The Labute approximate surface area is 122 Å². The first-order chi connectivity index (χ1) is 9.67. The molecule has 0 spiro atoms. The van der Waals surface area contributed by atoms with Crippen molar-refractivity contribution in [2.75, 3.05) is 40.4 Å². The molecular formula is C16H28N2O2. The lowest BCUT2D eigenvalue weighted by atomic mass is 10.0. The van der Waals surface area contributed by atoms with Gasteiger partial charge < -0.3 is 20.1 Å². The fourth-order valence-electron chi connectivity index (χ4n) is 2.36. The van der Waals surface area contributed by atoms with Gasteiger partial charge in [-0.15, -0.1) is 0 Å². The number of rotatable bonds is 10. The third-order valence-corrected chi connectivity index (χ3v) is 3.33. The predicted octanol–water partition coefficient (Wildman–Crippen LogP) is 1.67. The quantitative estimate of drug-likeness (QED) is 0.684. The molecule has 0 aromatic heterocycles. The topological polar surface area (TPSA) is 44.7 Å². The van der Waals surface area contributed by atoms with E-state index in [0.29, 0.717) is 19.2 Å². The second-order valence-electron chi connectivity index (χ2n) is 5.18. The van der Waals surface area contributed by atoms with Gasteiger partial charge in [-0.05, 0) is 32.1 Å². The van der Waals surface area contributed by atoms with Crippen molar-refractivity contribution in [2.24, 2.45) is 0 Å². The van der Waals surface area contributed by atoms with E-state index in [0.717, 1.165) is 19.5 Å². The van der Waals surface area contributed by atoms with E-state index in [4.69, 9.17) is 4.74 Å². The molecule has 1 aromatic rings. The fraction of sp³-hybridized carbons (Fsp3) is 0.625. The number of ether oxygens (including phenoxy) is 1. The van der Waals surface area contributed by atoms with Crippen molar-refractivity contribution in [2.45, 2.75) is 25.5 Å². The summed E-state index contributed by atoms with van der Waals surface area (Å²) in [4.78, 5) is 2.15. The fourth-order valence-corrected chi connectivity index (χ4v) is 2.36. The summed E-state index contributed by atoms with van der Waals surface area (Å²) in [6, 6.07) is 10.9. The summed E-state index contributed by atoms with van der Waals surface area (Å²) in [5, 5.41) is 13.2. The predicted molar refractivity (Wildman–Crippen MR) is 82.9 cm³/mol. The molecule has 4 nitrogen and oxygen atoms in total. The summed E-state index contributed by atoms with van der Waals surface area (Å²) >= 11 is 0. The molecule has 0 heterocycles. The Morgan fingerprint density at radius 2 is 2.00 bits per heavy atom. The third kappa shape index (κ3) is 6.48. The van der Waals surface area contributed by atoms with Crippen LogP contribution in [0.2, 0.25) is 0 Å². The Kier molecular flexibility index (Phi) is 8.46. The average Bonchev–Trinajstić information content (AvgIpc) is 2.44. The SMILES string of the molecule is CCNC(CCN(C)CC(O)COC)c1ccccc1. The minimum absolute atomic E-state index is 0.364. The van der Waals surface area contributed by atoms with Gasteiger partial charge >= 0.3 is 0 Å². The van der Waals surface area contributed by atoms with Crippen molar-refractivity contribution in [1.82, 2.24) is 10.2 Å². The summed E-state index contributed by atoms with van der Waals surface area (Å²) in [7, 11) is 3.65. The molecule has 0 aliphatic rings. The van der Waals surface area contributed by atoms with Crippen LogP contribution in [-0.4, -0.2) is 56.5 Å². The van der Waals surface area contributed by atoms with Gasteiger partial charge in [0.05, 0.1) is 12.7 Å². The normalized spacial score (nSPS) is 14.4. The number of likely N-dealkylation sites (N-methyl/N-ethyl adjacent to an activating group) is 1. The van der Waals surface area contributed by atoms with E-state index >= 15 is 0 Å². The molecule has 0 fully saturated rings. The van der Waals surface area contributed by atoms with Gasteiger partial charge in [-0.1, -0.05) is 37.3 Å². The highest BCUT2D eigenvalue weighted by atomic mass is 16.5. The second-order valence-corrected chi connectivity index (χ2v) is 5.18. The van der Waals surface area contributed by atoms with Gasteiger partial charge in [0, 0.05) is 19.7 Å². The first kappa shape index (κ1) is 17.1. The van der Waals surface area contributed by atoms with Crippen LogP contribution in [0.1, 0.15) is 24.9 Å². The number of nitrogens with zero attached hydrogens (tertiary/aromatic N) is 1. The molecule has 0 saturated carbocycles. The third-order valence-electron chi connectivity index (χ3n) is 3.33. The number of methoxy groups -OCH3 is 1. The Hall–Kier alpha value is -0.940. The zero-order valence-corrected chi connectivity index (χ0v) is 12.9. The van der Waals surface area contributed by atoms with Crippen LogP contribution < -0.4 is 5.32 Å². The van der Waals surface area contributed by atoms with E-state index in [9.17, 15) is 5.11 Å². The van der Waals surface area contributed by atoms with E-state index in [1.54, 1.807) is 7.11 Å². The van der Waals surface area contributed by atoms with Crippen molar-refractivity contribution in [1.29, 1.82) is 0 Å². The smallest absolute Gasteiger partial charge is 0.0899 e. The van der Waals surface area contributed by atoms with Crippen molar-refractivity contribution in [3.8, 4) is 0 Å². The average molecular weight is 280 g/mol. The molecular weight excluding hydrogens is 252 g/mol. The Balaban J connectivity index is 2.43. The number of benzene rings is 1. The number of hydrogen-bond donors (Lipinski definition) is 2. The highest BCUT2D eigenvalue weighted by molar-refractivity contribution is 5.18. The lowest BCUT2D eigenvalue weighted by Gasteiger charge is -2.24. The largest absolute Gasteiger partial charge is 0.389 e. The number of aliphatic hydroxyl groups is 1. The summed E-state index contributed by atoms with van der Waals surface area (Å²) in [6.07, 6.45) is 0.605. The van der Waals surface area contributed by atoms with Crippen molar-refractivity contribution >= 4 is 0 Å². The van der Waals surface area contributed by atoms with E-state index in [1.165, 1.54) is 5.56 Å². The van der Waals surface area contributed by atoms with Gasteiger partial charge in [-0.25, -0.2) is 0 Å². The van der Waals surface area contributed by atoms with Crippen LogP contribution in [0.4, 0.5) is 0 Å². The van der Waals surface area contributed by atoms with Crippen molar-refractivity contribution < 1.29 is 9.84 Å². The molecule has 0 aliphatic heterocycles. The lowest BCUT2D eigenvalue weighted by molar-refractivity contribution is 0.0426. The molecule has 0 radical (unpaired) electrons. The zero-order chi connectivity index (χ0) is 14.8. The molecule has 20 heavy (non-hydrogen) atoms. The van der Waals surface area contributed by atoms with Crippen LogP contribution in [0.25, 0.3) is 0 Å². The minimum atomic E-state index is -0.417. The molecule has 2 atom stereocenters. The monoisotopic (exact) mass is 280 g/mol. The minimum Gasteiger partial charge on any atom is -0.389 e. The molecule has 0 amide bonds. The lowest BCUT2D eigenvalue weighted by Crippen LogP contribution is -2.34. The first-order valence-corrected chi connectivity index (χ1v) is 7.31. The molecule has 114 valence electrons. The molecule has 2 N–H and O–H groups in total. The molecule has 4 heteroatoms. The standard InChI is InChI=1S/C16H28N2O2/c1-4-17-16(14-8-6-5-7-9-14)10-11-18(2)12-15(19)13-20-3/h5-9,15-17,19H,4,10-13H2,1-3H3. The van der Waals surface area contributed by atoms with Gasteiger partial charge in [-0.2, -0.15) is 0 Å². The van der Waals surface area contributed by atoms with Crippen LogP contribution in [0.3, 0.4) is 0 Å². The van der Waals surface area contributed by atoms with E-state index < -0.39 is 6.10 Å². The van der Waals surface area contributed by atoms with Gasteiger partial charge in [0.25, 0.3) is 0 Å². The zero-order valence-electron chi connectivity index (χ0n) is 12.9. The van der Waals surface area contributed by atoms with Gasteiger partial charge in [-0.3, -0.25) is 0 Å². The highest BCUT2D eigenvalue weighted by Crippen LogP contribution is 2.16. The van der Waals surface area contributed by atoms with Crippen LogP contribution in [0, 0.1) is 0 Å². The molecule has 0 saturated heterocycles. The Morgan fingerprint density at radius 1 is 1.30 bits per heavy atom. The van der Waals surface area contributed by atoms with Crippen molar-refractivity contribution in [3.05, 3.63) is 35.9 Å². The maximum Gasteiger partial charge on any atom is 0.0899 e. The van der Waals surface area contributed by atoms with Crippen molar-refractivity contribution in [3.63, 3.8) is 0 Å². The van der Waals surface area contributed by atoms with Gasteiger partial charge in [0.2, 0.25) is 0 Å². The van der Waals surface area contributed by atoms with Gasteiger partial charge in [0.15, 0.2) is 0 Å². The number of aliphatic hydroxyl groups excluding tert-OH is 1. The first-order valence-electron chi connectivity index (χ1n) is 7.31. The molecule has 1 rings (SSSR count). The Bertz CT molecular complexity index is 346. The highest BCUT2D eigenvalue weighted by Gasteiger charge is 2.13. The molecule has 0 bridgehead atoms. The van der Waals surface area contributed by atoms with E-state index in [1.807, 2.05) is 13.1 Å². The second kappa shape index (κ2) is 9.88.